The van der Waals surface area contributed by atoms with Crippen molar-refractivity contribution in [1.29, 1.82) is 0 Å². The highest BCUT2D eigenvalue weighted by Gasteiger charge is 2.50. The van der Waals surface area contributed by atoms with Gasteiger partial charge in [0.25, 0.3) is 0 Å². The van der Waals surface area contributed by atoms with Crippen LogP contribution in [0.25, 0.3) is 0 Å². The van der Waals surface area contributed by atoms with Crippen molar-refractivity contribution in [2.45, 2.75) is 38.0 Å². The molecule has 0 radical (unpaired) electrons. The summed E-state index contributed by atoms with van der Waals surface area (Å²) in [6.45, 7) is 0. The van der Waals surface area contributed by atoms with E-state index in [4.69, 9.17) is 14.2 Å². The van der Waals surface area contributed by atoms with Crippen LogP contribution < -0.4 is 14.2 Å². The largest absolute Gasteiger partial charge is 0.496 e. The number of hydrogen-bond acceptors (Lipinski definition) is 3. The van der Waals surface area contributed by atoms with E-state index in [1.807, 2.05) is 12.1 Å². The highest BCUT2D eigenvalue weighted by atomic mass is 16.5. The molecule has 4 fully saturated rings. The Labute approximate surface area is 132 Å². The third-order valence-electron chi connectivity index (χ3n) is 6.31. The third-order valence-corrected chi connectivity index (χ3v) is 6.31. The van der Waals surface area contributed by atoms with E-state index in [1.165, 1.54) is 37.7 Å². The van der Waals surface area contributed by atoms with Gasteiger partial charge in [-0.1, -0.05) is 0 Å². The molecule has 3 nitrogen and oxygen atoms in total. The fraction of sp³-hybridized carbons (Fsp3) is 0.684. The maximum Gasteiger partial charge on any atom is 0.129 e. The van der Waals surface area contributed by atoms with Crippen molar-refractivity contribution in [2.24, 2.45) is 23.7 Å². The molecule has 0 amide bonds. The maximum absolute atomic E-state index is 5.73. The topological polar surface area (TPSA) is 27.7 Å². The molecule has 120 valence electrons. The Kier molecular flexibility index (Phi) is 3.47. The molecule has 1 aromatic carbocycles. The lowest BCUT2D eigenvalue weighted by atomic mass is 9.50. The molecule has 4 bridgehead atoms. The van der Waals surface area contributed by atoms with Gasteiger partial charge in [0.2, 0.25) is 0 Å². The minimum atomic E-state index is 0.601. The van der Waals surface area contributed by atoms with Crippen molar-refractivity contribution in [3.63, 3.8) is 0 Å². The summed E-state index contributed by atoms with van der Waals surface area (Å²) >= 11 is 0. The Hall–Kier alpha value is -1.38. The Morgan fingerprint density at radius 1 is 0.727 bits per heavy atom. The minimum absolute atomic E-state index is 0.601. The molecule has 1 aromatic rings. The number of rotatable bonds is 4. The quantitative estimate of drug-likeness (QED) is 0.832. The van der Waals surface area contributed by atoms with E-state index in [1.54, 1.807) is 21.3 Å². The highest BCUT2D eigenvalue weighted by Crippen LogP contribution is 2.62. The predicted molar refractivity (Wildman–Crippen MR) is 85.9 cm³/mol. The predicted octanol–water partition coefficient (Wildman–Crippen LogP) is 4.25. The summed E-state index contributed by atoms with van der Waals surface area (Å²) in [6.07, 6.45) is 7.08. The van der Waals surface area contributed by atoms with Gasteiger partial charge in [-0.3, -0.25) is 0 Å². The highest BCUT2D eigenvalue weighted by molar-refractivity contribution is 5.53. The number of hydrogen-bond donors (Lipinski definition) is 0. The molecule has 5 rings (SSSR count). The molecule has 0 spiro atoms. The van der Waals surface area contributed by atoms with Gasteiger partial charge in [0.1, 0.15) is 17.2 Å². The molecule has 0 atom stereocenters. The molecule has 22 heavy (non-hydrogen) atoms. The second kappa shape index (κ2) is 5.36. The van der Waals surface area contributed by atoms with Crippen LogP contribution in [0.4, 0.5) is 0 Å². The zero-order valence-corrected chi connectivity index (χ0v) is 13.8. The van der Waals surface area contributed by atoms with Crippen LogP contribution in [0.15, 0.2) is 12.1 Å². The molecule has 0 heterocycles. The van der Waals surface area contributed by atoms with E-state index in [0.29, 0.717) is 5.92 Å². The van der Waals surface area contributed by atoms with Crippen molar-refractivity contribution >= 4 is 0 Å². The van der Waals surface area contributed by atoms with E-state index in [9.17, 15) is 0 Å². The van der Waals surface area contributed by atoms with Crippen LogP contribution in [-0.2, 0) is 0 Å². The van der Waals surface area contributed by atoms with Crippen LogP contribution in [-0.4, -0.2) is 21.3 Å². The number of benzene rings is 1. The Morgan fingerprint density at radius 2 is 1.23 bits per heavy atom. The molecule has 4 aliphatic carbocycles. The summed E-state index contributed by atoms with van der Waals surface area (Å²) in [5, 5.41) is 0. The smallest absolute Gasteiger partial charge is 0.129 e. The first-order valence-corrected chi connectivity index (χ1v) is 8.53. The third kappa shape index (κ3) is 2.09. The van der Waals surface area contributed by atoms with Crippen molar-refractivity contribution in [3.05, 3.63) is 17.7 Å². The summed E-state index contributed by atoms with van der Waals surface area (Å²) in [7, 11) is 5.21. The van der Waals surface area contributed by atoms with Crippen LogP contribution in [0.1, 0.15) is 43.6 Å². The molecule has 0 saturated heterocycles. The normalized spacial score (nSPS) is 35.5. The molecule has 0 N–H and O–H groups in total. The first kappa shape index (κ1) is 14.2. The molecule has 0 unspecified atom stereocenters. The molecule has 3 heteroatoms. The van der Waals surface area contributed by atoms with Crippen molar-refractivity contribution in [2.75, 3.05) is 21.3 Å². The summed E-state index contributed by atoms with van der Waals surface area (Å²) in [4.78, 5) is 0. The van der Waals surface area contributed by atoms with E-state index < -0.39 is 0 Å². The van der Waals surface area contributed by atoms with Crippen molar-refractivity contribution in [3.8, 4) is 17.2 Å². The van der Waals surface area contributed by atoms with Crippen LogP contribution >= 0.6 is 0 Å². The average molecular weight is 302 g/mol. The Morgan fingerprint density at radius 3 is 1.64 bits per heavy atom. The number of ether oxygens (including phenoxy) is 3. The molecule has 0 aromatic heterocycles. The molecule has 4 aliphatic rings. The molecule has 0 aliphatic heterocycles. The molecular weight excluding hydrogens is 276 g/mol. The van der Waals surface area contributed by atoms with Gasteiger partial charge in [0, 0.05) is 17.7 Å². The summed E-state index contributed by atoms with van der Waals surface area (Å²) in [5.74, 6) is 6.87. The standard InChI is InChI=1S/C19H26O3/c1-20-15-9-16(21-2)19(17(10-15)22-3)18-13-5-11-4-12(7-13)8-14(18)6-11/h9-14,18H,4-8H2,1-3H3. The summed E-state index contributed by atoms with van der Waals surface area (Å²) in [5.41, 5.74) is 1.29. The van der Waals surface area contributed by atoms with Crippen LogP contribution in [0.3, 0.4) is 0 Å². The fourth-order valence-electron chi connectivity index (χ4n) is 5.76. The van der Waals surface area contributed by atoms with Crippen LogP contribution in [0.5, 0.6) is 17.2 Å². The van der Waals surface area contributed by atoms with Gasteiger partial charge >= 0.3 is 0 Å². The van der Waals surface area contributed by atoms with Crippen LogP contribution in [0, 0.1) is 23.7 Å². The zero-order chi connectivity index (χ0) is 15.3. The molecular formula is C19H26O3. The maximum atomic E-state index is 5.73. The summed E-state index contributed by atoms with van der Waals surface area (Å²) < 4.78 is 16.9. The van der Waals surface area contributed by atoms with Gasteiger partial charge in [-0.15, -0.1) is 0 Å². The van der Waals surface area contributed by atoms with Crippen molar-refractivity contribution < 1.29 is 14.2 Å². The second-order valence-electron chi connectivity index (χ2n) is 7.40. The van der Waals surface area contributed by atoms with E-state index in [2.05, 4.69) is 0 Å². The number of methoxy groups -OCH3 is 3. The minimum Gasteiger partial charge on any atom is -0.496 e. The first-order chi connectivity index (χ1) is 10.7. The van der Waals surface area contributed by atoms with Gasteiger partial charge in [-0.2, -0.15) is 0 Å². The van der Waals surface area contributed by atoms with Gasteiger partial charge in [0.15, 0.2) is 0 Å². The van der Waals surface area contributed by atoms with Crippen molar-refractivity contribution in [1.82, 2.24) is 0 Å². The lowest BCUT2D eigenvalue weighted by Crippen LogP contribution is -2.43. The molecule has 4 saturated carbocycles. The first-order valence-electron chi connectivity index (χ1n) is 8.53. The van der Waals surface area contributed by atoms with E-state index >= 15 is 0 Å². The van der Waals surface area contributed by atoms with Crippen LogP contribution in [0.2, 0.25) is 0 Å². The Balaban J connectivity index is 1.78. The Bertz CT molecular complexity index is 513. The van der Waals surface area contributed by atoms with E-state index in [-0.39, 0.29) is 0 Å². The van der Waals surface area contributed by atoms with Gasteiger partial charge < -0.3 is 14.2 Å². The van der Waals surface area contributed by atoms with E-state index in [0.717, 1.165) is 40.9 Å². The SMILES string of the molecule is COc1cc(OC)c(C2C3CC4CC(C3)CC2C4)c(OC)c1. The fourth-order valence-corrected chi connectivity index (χ4v) is 5.76. The lowest BCUT2D eigenvalue weighted by Gasteiger charge is -2.54. The lowest BCUT2D eigenvalue weighted by molar-refractivity contribution is -0.00422. The average Bonchev–Trinajstić information content (AvgIpc) is 2.53. The second-order valence-corrected chi connectivity index (χ2v) is 7.40. The monoisotopic (exact) mass is 302 g/mol. The zero-order valence-electron chi connectivity index (χ0n) is 13.8. The van der Waals surface area contributed by atoms with Gasteiger partial charge in [0.05, 0.1) is 21.3 Å². The summed E-state index contributed by atoms with van der Waals surface area (Å²) in [6, 6.07) is 4.03. The van der Waals surface area contributed by atoms with Gasteiger partial charge in [-0.25, -0.2) is 0 Å². The van der Waals surface area contributed by atoms with Gasteiger partial charge in [-0.05, 0) is 61.7 Å².